The van der Waals surface area contributed by atoms with Gasteiger partial charge in [-0.25, -0.2) is 4.98 Å². The first-order chi connectivity index (χ1) is 9.72. The summed E-state index contributed by atoms with van der Waals surface area (Å²) in [5.74, 6) is -0.165. The van der Waals surface area contributed by atoms with Crippen LogP contribution in [0.15, 0.2) is 30.3 Å². The molecule has 0 radical (unpaired) electrons. The van der Waals surface area contributed by atoms with Gasteiger partial charge in [0.1, 0.15) is 0 Å². The van der Waals surface area contributed by atoms with Crippen molar-refractivity contribution < 1.29 is 4.79 Å². The molecule has 5 heteroatoms. The number of aryl methyl sites for hydroxylation is 2. The van der Waals surface area contributed by atoms with Crippen LogP contribution in [0.1, 0.15) is 22.6 Å². The lowest BCUT2D eigenvalue weighted by molar-refractivity contribution is -0.117. The molecule has 104 valence electrons. The van der Waals surface area contributed by atoms with Crippen LogP contribution in [0.4, 0.5) is 5.13 Å². The zero-order chi connectivity index (χ0) is 13.9. The average Bonchev–Trinajstić information content (AvgIpc) is 3.00. The Hall–Kier alpha value is -1.72. The van der Waals surface area contributed by atoms with Gasteiger partial charge in [0.05, 0.1) is 11.7 Å². The normalized spacial score (nSPS) is 14.8. The minimum absolute atomic E-state index is 0.165. The second-order valence-electron chi connectivity index (χ2n) is 5.03. The fourth-order valence-corrected chi connectivity index (χ4v) is 3.46. The van der Waals surface area contributed by atoms with Crippen molar-refractivity contribution in [1.29, 1.82) is 0 Å². The molecule has 1 amide bonds. The van der Waals surface area contributed by atoms with E-state index in [0.717, 1.165) is 24.1 Å². The summed E-state index contributed by atoms with van der Waals surface area (Å²) < 4.78 is 0. The van der Waals surface area contributed by atoms with Crippen molar-refractivity contribution in [3.63, 3.8) is 0 Å². The summed E-state index contributed by atoms with van der Waals surface area (Å²) in [6.07, 6.45) is 3.82. The molecular formula is C15H17N3OS. The predicted molar refractivity (Wildman–Crippen MR) is 80.9 cm³/mol. The summed E-state index contributed by atoms with van der Waals surface area (Å²) in [7, 11) is 0. The van der Waals surface area contributed by atoms with E-state index in [-0.39, 0.29) is 5.91 Å². The number of fused-ring (bicyclic) bond motifs is 1. The number of anilines is 1. The third-order valence-electron chi connectivity index (χ3n) is 3.46. The van der Waals surface area contributed by atoms with E-state index in [1.54, 1.807) is 11.3 Å². The smallest absolute Gasteiger partial charge is 0.243 e. The van der Waals surface area contributed by atoms with Gasteiger partial charge in [-0.15, -0.1) is 11.3 Å². The molecule has 20 heavy (non-hydrogen) atoms. The van der Waals surface area contributed by atoms with Gasteiger partial charge in [0.15, 0.2) is 5.13 Å². The van der Waals surface area contributed by atoms with E-state index in [1.165, 1.54) is 11.3 Å². The van der Waals surface area contributed by atoms with Gasteiger partial charge in [-0.1, -0.05) is 30.3 Å². The van der Waals surface area contributed by atoms with Crippen LogP contribution in [-0.2, 0) is 24.1 Å². The van der Waals surface area contributed by atoms with Crippen molar-refractivity contribution in [1.82, 2.24) is 4.98 Å². The number of amides is 1. The minimum Gasteiger partial charge on any atom is -0.320 e. The Labute approximate surface area is 122 Å². The molecule has 1 aliphatic carbocycles. The summed E-state index contributed by atoms with van der Waals surface area (Å²) >= 11 is 1.58. The Morgan fingerprint density at radius 2 is 2.15 bits per heavy atom. The molecule has 2 aromatic rings. The number of nitrogens with one attached hydrogen (secondary N) is 1. The SMILES string of the molecule is N[C@H](Cc1ccccc1)C(=O)Nc1nc2c(s1)CCC2. The van der Waals surface area contributed by atoms with Crippen LogP contribution in [0.3, 0.4) is 0 Å². The monoisotopic (exact) mass is 287 g/mol. The van der Waals surface area contributed by atoms with Crippen molar-refractivity contribution >= 4 is 22.4 Å². The van der Waals surface area contributed by atoms with Crippen LogP contribution in [0, 0.1) is 0 Å². The van der Waals surface area contributed by atoms with Gasteiger partial charge in [-0.2, -0.15) is 0 Å². The van der Waals surface area contributed by atoms with Gasteiger partial charge in [0.25, 0.3) is 0 Å². The molecule has 4 nitrogen and oxygen atoms in total. The number of carbonyl (C=O) groups excluding carboxylic acids is 1. The van der Waals surface area contributed by atoms with E-state index in [0.29, 0.717) is 11.6 Å². The van der Waals surface area contributed by atoms with E-state index in [1.807, 2.05) is 30.3 Å². The van der Waals surface area contributed by atoms with Gasteiger partial charge in [0.2, 0.25) is 5.91 Å². The molecule has 0 saturated heterocycles. The van der Waals surface area contributed by atoms with E-state index in [2.05, 4.69) is 10.3 Å². The number of hydrogen-bond acceptors (Lipinski definition) is 4. The molecule has 3 rings (SSSR count). The van der Waals surface area contributed by atoms with Crippen LogP contribution in [-0.4, -0.2) is 16.9 Å². The molecule has 1 aromatic carbocycles. The van der Waals surface area contributed by atoms with Gasteiger partial charge in [-0.3, -0.25) is 4.79 Å². The van der Waals surface area contributed by atoms with Gasteiger partial charge < -0.3 is 11.1 Å². The number of nitrogens with two attached hydrogens (primary N) is 1. The quantitative estimate of drug-likeness (QED) is 0.905. The maximum Gasteiger partial charge on any atom is 0.243 e. The first-order valence-electron chi connectivity index (χ1n) is 6.81. The highest BCUT2D eigenvalue weighted by molar-refractivity contribution is 7.15. The Morgan fingerprint density at radius 3 is 2.90 bits per heavy atom. The van der Waals surface area contributed by atoms with Crippen molar-refractivity contribution in [2.75, 3.05) is 5.32 Å². The highest BCUT2D eigenvalue weighted by atomic mass is 32.1. The maximum absolute atomic E-state index is 12.1. The summed E-state index contributed by atoms with van der Waals surface area (Å²) in [6, 6.07) is 9.26. The summed E-state index contributed by atoms with van der Waals surface area (Å²) in [6.45, 7) is 0. The van der Waals surface area contributed by atoms with Gasteiger partial charge in [-0.05, 0) is 31.2 Å². The number of carbonyl (C=O) groups is 1. The molecule has 1 atom stereocenters. The van der Waals surface area contributed by atoms with Crippen LogP contribution < -0.4 is 11.1 Å². The highest BCUT2D eigenvalue weighted by Crippen LogP contribution is 2.30. The predicted octanol–water partition coefficient (Wildman–Crippen LogP) is 2.14. The van der Waals surface area contributed by atoms with Gasteiger partial charge >= 0.3 is 0 Å². The third kappa shape index (κ3) is 2.89. The van der Waals surface area contributed by atoms with Crippen molar-refractivity contribution in [2.45, 2.75) is 31.7 Å². The summed E-state index contributed by atoms with van der Waals surface area (Å²) in [5, 5.41) is 3.52. The maximum atomic E-state index is 12.1. The van der Waals surface area contributed by atoms with Crippen LogP contribution >= 0.6 is 11.3 Å². The molecule has 3 N–H and O–H groups in total. The van der Waals surface area contributed by atoms with E-state index in [4.69, 9.17) is 5.73 Å². The first kappa shape index (κ1) is 13.3. The van der Waals surface area contributed by atoms with Crippen molar-refractivity contribution in [3.8, 4) is 0 Å². The minimum atomic E-state index is -0.545. The molecule has 1 aliphatic rings. The number of rotatable bonds is 4. The molecule has 1 heterocycles. The Bertz CT molecular complexity index is 587. The zero-order valence-electron chi connectivity index (χ0n) is 11.1. The lowest BCUT2D eigenvalue weighted by Gasteiger charge is -2.10. The second kappa shape index (κ2) is 5.73. The fraction of sp³-hybridized carbons (Fsp3) is 0.333. The van der Waals surface area contributed by atoms with E-state index < -0.39 is 6.04 Å². The topological polar surface area (TPSA) is 68.0 Å². The highest BCUT2D eigenvalue weighted by Gasteiger charge is 2.20. The van der Waals surface area contributed by atoms with Crippen molar-refractivity contribution in [3.05, 3.63) is 46.5 Å². The molecule has 0 aliphatic heterocycles. The van der Waals surface area contributed by atoms with Crippen LogP contribution in [0.25, 0.3) is 0 Å². The van der Waals surface area contributed by atoms with Gasteiger partial charge in [0, 0.05) is 4.88 Å². The number of nitrogens with zero attached hydrogens (tertiary/aromatic N) is 1. The first-order valence-corrected chi connectivity index (χ1v) is 7.63. The third-order valence-corrected chi connectivity index (χ3v) is 4.53. The zero-order valence-corrected chi connectivity index (χ0v) is 12.0. The Morgan fingerprint density at radius 1 is 1.35 bits per heavy atom. The molecule has 0 fully saturated rings. The fourth-order valence-electron chi connectivity index (χ4n) is 2.40. The molecule has 0 saturated carbocycles. The largest absolute Gasteiger partial charge is 0.320 e. The number of benzene rings is 1. The molecule has 1 aromatic heterocycles. The van der Waals surface area contributed by atoms with E-state index in [9.17, 15) is 4.79 Å². The lowest BCUT2D eigenvalue weighted by Crippen LogP contribution is -2.37. The standard InChI is InChI=1S/C15H17N3OS/c16-11(9-10-5-2-1-3-6-10)14(19)18-15-17-12-7-4-8-13(12)20-15/h1-3,5-6,11H,4,7-9,16H2,(H,17,18,19)/t11-/m1/s1. The summed E-state index contributed by atoms with van der Waals surface area (Å²) in [5.41, 5.74) is 8.16. The molecular weight excluding hydrogens is 270 g/mol. The Balaban J connectivity index is 1.60. The summed E-state index contributed by atoms with van der Waals surface area (Å²) in [4.78, 5) is 17.8. The lowest BCUT2D eigenvalue weighted by atomic mass is 10.1. The number of thiazole rings is 1. The number of hydrogen-bond donors (Lipinski definition) is 2. The van der Waals surface area contributed by atoms with Crippen molar-refractivity contribution in [2.24, 2.45) is 5.73 Å². The molecule has 0 bridgehead atoms. The van der Waals surface area contributed by atoms with E-state index >= 15 is 0 Å². The van der Waals surface area contributed by atoms with Crippen LogP contribution in [0.2, 0.25) is 0 Å². The second-order valence-corrected chi connectivity index (χ2v) is 6.11. The Kier molecular flexibility index (Phi) is 3.80. The number of aromatic nitrogens is 1. The van der Waals surface area contributed by atoms with Crippen LogP contribution in [0.5, 0.6) is 0 Å². The molecule has 0 unspecified atom stereocenters. The average molecular weight is 287 g/mol. The molecule has 0 spiro atoms.